The van der Waals surface area contributed by atoms with Crippen LogP contribution in [-0.4, -0.2) is 42.2 Å². The largest absolute Gasteiger partial charge is 0.455 e. The molecule has 0 aliphatic carbocycles. The molecule has 3 heterocycles. The molecule has 0 saturated carbocycles. The van der Waals surface area contributed by atoms with Gasteiger partial charge in [-0.2, -0.15) is 0 Å². The quantitative estimate of drug-likeness (QED) is 0.342. The lowest BCUT2D eigenvalue weighted by atomic mass is 10.1. The Kier molecular flexibility index (Phi) is 5.54. The number of aromatic nitrogens is 1. The van der Waals surface area contributed by atoms with Crippen LogP contribution < -0.4 is 4.90 Å². The van der Waals surface area contributed by atoms with Gasteiger partial charge in [0.15, 0.2) is 0 Å². The normalized spacial score (nSPS) is 14.0. The van der Waals surface area contributed by atoms with Gasteiger partial charge in [0.05, 0.1) is 34.3 Å². The van der Waals surface area contributed by atoms with Crippen LogP contribution in [0, 0.1) is 10.1 Å². The number of nitro groups is 1. The Balaban J connectivity index is 1.52. The molecule has 0 N–H and O–H groups in total. The number of hydrogen-bond donors (Lipinski definition) is 0. The third-order valence-electron chi connectivity index (χ3n) is 4.40. The SMILES string of the molecule is O=C(OCc1coc(-c2cccs2)n1)c1cc([N+](=O)[O-])ccc1N1CCOCC1. The van der Waals surface area contributed by atoms with Gasteiger partial charge in [0.2, 0.25) is 5.89 Å². The molecule has 4 rings (SSSR count). The van der Waals surface area contributed by atoms with E-state index in [1.807, 2.05) is 22.4 Å². The first-order valence-electron chi connectivity index (χ1n) is 8.88. The van der Waals surface area contributed by atoms with E-state index in [0.29, 0.717) is 43.6 Å². The Morgan fingerprint density at radius 3 is 2.86 bits per heavy atom. The molecule has 2 aromatic heterocycles. The van der Waals surface area contributed by atoms with Crippen LogP contribution in [0.1, 0.15) is 16.1 Å². The number of thiophene rings is 1. The number of nitrogens with zero attached hydrogens (tertiary/aromatic N) is 3. The molecule has 1 aromatic carbocycles. The van der Waals surface area contributed by atoms with Gasteiger partial charge >= 0.3 is 5.97 Å². The van der Waals surface area contributed by atoms with Gasteiger partial charge in [-0.05, 0) is 17.5 Å². The van der Waals surface area contributed by atoms with E-state index < -0.39 is 10.9 Å². The summed E-state index contributed by atoms with van der Waals surface area (Å²) in [6.45, 7) is 2.13. The molecule has 1 fully saturated rings. The molecule has 0 atom stereocenters. The number of carbonyl (C=O) groups excluding carboxylic acids is 1. The van der Waals surface area contributed by atoms with E-state index in [9.17, 15) is 14.9 Å². The Bertz CT molecular complexity index is 1010. The van der Waals surface area contributed by atoms with E-state index in [1.165, 1.54) is 29.7 Å². The Hall–Kier alpha value is -3.24. The molecule has 0 spiro atoms. The number of morpholine rings is 1. The third-order valence-corrected chi connectivity index (χ3v) is 5.26. The van der Waals surface area contributed by atoms with Crippen LogP contribution in [0.5, 0.6) is 0 Å². The molecule has 29 heavy (non-hydrogen) atoms. The first-order chi connectivity index (χ1) is 14.1. The van der Waals surface area contributed by atoms with Crippen LogP contribution in [0.3, 0.4) is 0 Å². The number of non-ortho nitro benzene ring substituents is 1. The van der Waals surface area contributed by atoms with Crippen molar-refractivity contribution in [1.82, 2.24) is 4.98 Å². The number of rotatable bonds is 6. The van der Waals surface area contributed by atoms with Crippen molar-refractivity contribution in [2.75, 3.05) is 31.2 Å². The van der Waals surface area contributed by atoms with E-state index in [2.05, 4.69) is 4.98 Å². The highest BCUT2D eigenvalue weighted by atomic mass is 32.1. The maximum atomic E-state index is 12.7. The van der Waals surface area contributed by atoms with Crippen molar-refractivity contribution in [2.45, 2.75) is 6.61 Å². The molecule has 0 radical (unpaired) electrons. The second-order valence-corrected chi connectivity index (χ2v) is 7.20. The van der Waals surface area contributed by atoms with Crippen molar-refractivity contribution in [3.8, 4) is 10.8 Å². The van der Waals surface area contributed by atoms with Crippen molar-refractivity contribution in [3.63, 3.8) is 0 Å². The minimum Gasteiger partial charge on any atom is -0.455 e. The average molecular weight is 415 g/mol. The molecule has 10 heteroatoms. The predicted molar refractivity (Wildman–Crippen MR) is 105 cm³/mol. The number of ether oxygens (including phenoxy) is 2. The zero-order chi connectivity index (χ0) is 20.2. The van der Waals surface area contributed by atoms with E-state index in [-0.39, 0.29) is 17.9 Å². The predicted octanol–water partition coefficient (Wildman–Crippen LogP) is 3.50. The van der Waals surface area contributed by atoms with Gasteiger partial charge < -0.3 is 18.8 Å². The Labute approximate surface area is 169 Å². The highest BCUT2D eigenvalue weighted by Gasteiger charge is 2.23. The molecule has 0 bridgehead atoms. The summed E-state index contributed by atoms with van der Waals surface area (Å²) in [7, 11) is 0. The molecule has 0 unspecified atom stereocenters. The summed E-state index contributed by atoms with van der Waals surface area (Å²) < 4.78 is 16.1. The van der Waals surface area contributed by atoms with Crippen molar-refractivity contribution in [1.29, 1.82) is 0 Å². The van der Waals surface area contributed by atoms with Gasteiger partial charge in [-0.25, -0.2) is 9.78 Å². The summed E-state index contributed by atoms with van der Waals surface area (Å²) in [6, 6.07) is 7.97. The molecule has 3 aromatic rings. The molecular weight excluding hydrogens is 398 g/mol. The van der Waals surface area contributed by atoms with Gasteiger partial charge in [-0.3, -0.25) is 10.1 Å². The lowest BCUT2D eigenvalue weighted by Gasteiger charge is -2.30. The summed E-state index contributed by atoms with van der Waals surface area (Å²) in [5.74, 6) is -0.203. The first-order valence-corrected chi connectivity index (χ1v) is 9.76. The lowest BCUT2D eigenvalue weighted by Crippen LogP contribution is -2.37. The summed E-state index contributed by atoms with van der Waals surface area (Å²) in [5, 5.41) is 13.1. The minimum atomic E-state index is -0.657. The van der Waals surface area contributed by atoms with E-state index >= 15 is 0 Å². The van der Waals surface area contributed by atoms with Gasteiger partial charge in [0.25, 0.3) is 5.69 Å². The number of carbonyl (C=O) groups is 1. The molecule has 0 amide bonds. The minimum absolute atomic E-state index is 0.0983. The van der Waals surface area contributed by atoms with Crippen molar-refractivity contribution < 1.29 is 23.6 Å². The van der Waals surface area contributed by atoms with E-state index in [4.69, 9.17) is 13.9 Å². The lowest BCUT2D eigenvalue weighted by molar-refractivity contribution is -0.384. The van der Waals surface area contributed by atoms with Gasteiger partial charge in [0, 0.05) is 25.2 Å². The molecule has 1 aliphatic heterocycles. The van der Waals surface area contributed by atoms with Crippen LogP contribution in [0.15, 0.2) is 46.4 Å². The smallest absolute Gasteiger partial charge is 0.340 e. The van der Waals surface area contributed by atoms with Crippen molar-refractivity contribution >= 4 is 28.7 Å². The summed E-state index contributed by atoms with van der Waals surface area (Å²) in [6.07, 6.45) is 1.43. The molecule has 9 nitrogen and oxygen atoms in total. The highest BCUT2D eigenvalue weighted by Crippen LogP contribution is 2.28. The first kappa shape index (κ1) is 19.1. The Morgan fingerprint density at radius 2 is 2.14 bits per heavy atom. The van der Waals surface area contributed by atoms with Gasteiger partial charge in [0.1, 0.15) is 18.6 Å². The molecule has 150 valence electrons. The van der Waals surface area contributed by atoms with Crippen LogP contribution in [0.4, 0.5) is 11.4 Å². The fourth-order valence-corrected chi connectivity index (χ4v) is 3.64. The van der Waals surface area contributed by atoms with E-state index in [0.717, 1.165) is 4.88 Å². The maximum absolute atomic E-state index is 12.7. The highest BCUT2D eigenvalue weighted by molar-refractivity contribution is 7.13. The zero-order valence-corrected chi connectivity index (χ0v) is 16.1. The molecule has 1 saturated heterocycles. The summed E-state index contributed by atoms with van der Waals surface area (Å²) >= 11 is 1.49. The summed E-state index contributed by atoms with van der Waals surface area (Å²) in [4.78, 5) is 30.5. The summed E-state index contributed by atoms with van der Waals surface area (Å²) in [5.41, 5.74) is 1.02. The van der Waals surface area contributed by atoms with Crippen LogP contribution >= 0.6 is 11.3 Å². The number of hydrogen-bond acceptors (Lipinski definition) is 9. The number of oxazole rings is 1. The van der Waals surface area contributed by atoms with Crippen LogP contribution in [0.25, 0.3) is 10.8 Å². The Morgan fingerprint density at radius 1 is 1.31 bits per heavy atom. The van der Waals surface area contributed by atoms with Gasteiger partial charge in [-0.15, -0.1) is 11.3 Å². The molecular formula is C19H17N3O6S. The maximum Gasteiger partial charge on any atom is 0.340 e. The standard InChI is InChI=1S/C19H17N3O6S/c23-19(28-12-13-11-27-18(20-13)17-2-1-9-29-17)15-10-14(22(24)25)3-4-16(15)21-5-7-26-8-6-21/h1-4,9-11H,5-8,12H2. The fourth-order valence-electron chi connectivity index (χ4n) is 2.99. The number of benzene rings is 1. The molecule has 1 aliphatic rings. The van der Waals surface area contributed by atoms with E-state index in [1.54, 1.807) is 6.07 Å². The zero-order valence-electron chi connectivity index (χ0n) is 15.3. The number of nitro benzene ring substituents is 1. The average Bonchev–Trinajstić information content (AvgIpc) is 3.44. The number of esters is 1. The second kappa shape index (κ2) is 8.41. The van der Waals surface area contributed by atoms with Crippen LogP contribution in [0.2, 0.25) is 0 Å². The monoisotopic (exact) mass is 415 g/mol. The van der Waals surface area contributed by atoms with Crippen molar-refractivity contribution in [2.24, 2.45) is 0 Å². The second-order valence-electron chi connectivity index (χ2n) is 6.26. The van der Waals surface area contributed by atoms with Crippen molar-refractivity contribution in [3.05, 3.63) is 63.3 Å². The van der Waals surface area contributed by atoms with Gasteiger partial charge in [-0.1, -0.05) is 6.07 Å². The topological polar surface area (TPSA) is 108 Å². The third kappa shape index (κ3) is 4.28. The van der Waals surface area contributed by atoms with Crippen LogP contribution in [-0.2, 0) is 16.1 Å². The number of anilines is 1. The fraction of sp³-hybridized carbons (Fsp3) is 0.263.